The van der Waals surface area contributed by atoms with E-state index < -0.39 is 23.6 Å². The molecule has 4 rings (SSSR count). The quantitative estimate of drug-likeness (QED) is 0.444. The van der Waals surface area contributed by atoms with Gasteiger partial charge in [0.25, 0.3) is 5.56 Å². The minimum absolute atomic E-state index is 0.0432. The van der Waals surface area contributed by atoms with Crippen LogP contribution >= 0.6 is 0 Å². The lowest BCUT2D eigenvalue weighted by Gasteiger charge is -2.19. The van der Waals surface area contributed by atoms with Crippen LogP contribution in [0.1, 0.15) is 28.7 Å². The molecule has 6 nitrogen and oxygen atoms in total. The molecule has 0 aliphatic heterocycles. The molecule has 0 unspecified atom stereocenters. The summed E-state index contributed by atoms with van der Waals surface area (Å²) in [5, 5.41) is 3.81. The van der Waals surface area contributed by atoms with Crippen molar-refractivity contribution in [3.63, 3.8) is 0 Å². The number of aromatic amines is 2. The second-order valence-corrected chi connectivity index (χ2v) is 7.35. The van der Waals surface area contributed by atoms with Gasteiger partial charge in [0.2, 0.25) is 5.91 Å². The molecule has 4 aromatic rings. The maximum atomic E-state index is 14.0. The van der Waals surface area contributed by atoms with Gasteiger partial charge >= 0.3 is 0 Å². The lowest BCUT2D eigenvalue weighted by Crippen LogP contribution is -2.33. The van der Waals surface area contributed by atoms with Gasteiger partial charge in [0.15, 0.2) is 0 Å². The molecule has 2 aromatic heterocycles. The molecule has 1 atom stereocenters. The van der Waals surface area contributed by atoms with Gasteiger partial charge in [-0.2, -0.15) is 0 Å². The Labute approximate surface area is 176 Å². The van der Waals surface area contributed by atoms with Crippen LogP contribution in [0, 0.1) is 18.6 Å². The molecule has 0 bridgehead atoms. The van der Waals surface area contributed by atoms with Gasteiger partial charge in [-0.1, -0.05) is 18.2 Å². The molecule has 0 radical (unpaired) electrons. The highest BCUT2D eigenvalue weighted by molar-refractivity contribution is 5.83. The normalized spacial score (nSPS) is 12.1. The zero-order valence-electron chi connectivity index (χ0n) is 16.7. The SMILES string of the molecule is Cc1nc([C@@H](Cc2c[nH]c3ccccc23)NC(=O)Cc2cc(F)ccc2F)cc(=O)[nH]1. The van der Waals surface area contributed by atoms with Crippen molar-refractivity contribution in [3.05, 3.63) is 99.4 Å². The molecule has 0 spiro atoms. The molecule has 1 amide bonds. The number of carbonyl (C=O) groups excluding carboxylic acids is 1. The van der Waals surface area contributed by atoms with Gasteiger partial charge in [-0.3, -0.25) is 9.59 Å². The second kappa shape index (κ2) is 8.51. The first-order valence-electron chi connectivity index (χ1n) is 9.75. The lowest BCUT2D eigenvalue weighted by atomic mass is 10.0. The fraction of sp³-hybridized carbons (Fsp3) is 0.174. The Morgan fingerprint density at radius 3 is 2.74 bits per heavy atom. The highest BCUT2D eigenvalue weighted by atomic mass is 19.1. The van der Waals surface area contributed by atoms with Crippen LogP contribution in [0.3, 0.4) is 0 Å². The number of rotatable bonds is 6. The van der Waals surface area contributed by atoms with E-state index in [9.17, 15) is 18.4 Å². The fourth-order valence-electron chi connectivity index (χ4n) is 3.63. The Morgan fingerprint density at radius 2 is 1.94 bits per heavy atom. The zero-order chi connectivity index (χ0) is 22.0. The number of halogens is 2. The molecule has 0 saturated heterocycles. The van der Waals surface area contributed by atoms with Crippen molar-refractivity contribution < 1.29 is 13.6 Å². The van der Waals surface area contributed by atoms with Crippen molar-refractivity contribution in [1.82, 2.24) is 20.3 Å². The molecule has 2 aromatic carbocycles. The predicted octanol–water partition coefficient (Wildman–Crippen LogP) is 3.48. The van der Waals surface area contributed by atoms with E-state index in [0.29, 0.717) is 17.9 Å². The summed E-state index contributed by atoms with van der Waals surface area (Å²) in [5.74, 6) is -1.37. The minimum Gasteiger partial charge on any atom is -0.361 e. The van der Waals surface area contributed by atoms with E-state index in [4.69, 9.17) is 0 Å². The van der Waals surface area contributed by atoms with Gasteiger partial charge in [-0.25, -0.2) is 13.8 Å². The third kappa shape index (κ3) is 4.69. The Morgan fingerprint density at radius 1 is 1.13 bits per heavy atom. The highest BCUT2D eigenvalue weighted by Gasteiger charge is 2.20. The number of aryl methyl sites for hydroxylation is 1. The number of fused-ring (bicyclic) bond motifs is 1. The first-order chi connectivity index (χ1) is 14.9. The Bertz CT molecular complexity index is 1310. The van der Waals surface area contributed by atoms with Crippen LogP contribution < -0.4 is 10.9 Å². The average Bonchev–Trinajstić information content (AvgIpc) is 3.12. The van der Waals surface area contributed by atoms with Crippen LogP contribution in [0.15, 0.2) is 59.5 Å². The average molecular weight is 422 g/mol. The highest BCUT2D eigenvalue weighted by Crippen LogP contribution is 2.24. The summed E-state index contributed by atoms with van der Waals surface area (Å²) in [6.45, 7) is 1.65. The minimum atomic E-state index is -0.658. The van der Waals surface area contributed by atoms with Gasteiger partial charge in [0.1, 0.15) is 17.5 Å². The van der Waals surface area contributed by atoms with E-state index in [0.717, 1.165) is 34.7 Å². The van der Waals surface area contributed by atoms with Crippen molar-refractivity contribution >= 4 is 16.8 Å². The van der Waals surface area contributed by atoms with Crippen molar-refractivity contribution in [2.24, 2.45) is 0 Å². The molecule has 0 aliphatic carbocycles. The number of nitrogens with zero attached hydrogens (tertiary/aromatic N) is 1. The number of aromatic nitrogens is 3. The molecule has 0 aliphatic rings. The predicted molar refractivity (Wildman–Crippen MR) is 113 cm³/mol. The van der Waals surface area contributed by atoms with Gasteiger partial charge in [-0.05, 0) is 36.8 Å². The number of H-pyrrole nitrogens is 2. The van der Waals surface area contributed by atoms with E-state index in [1.807, 2.05) is 30.5 Å². The molecular formula is C23H20F2N4O2. The summed E-state index contributed by atoms with van der Waals surface area (Å²) in [6.07, 6.45) is 1.86. The molecule has 31 heavy (non-hydrogen) atoms. The molecule has 0 saturated carbocycles. The summed E-state index contributed by atoms with van der Waals surface area (Å²) in [4.78, 5) is 34.8. The van der Waals surface area contributed by atoms with Crippen LogP contribution in [0.2, 0.25) is 0 Å². The molecule has 2 heterocycles. The van der Waals surface area contributed by atoms with Crippen LogP contribution in [-0.2, 0) is 17.6 Å². The molecule has 3 N–H and O–H groups in total. The lowest BCUT2D eigenvalue weighted by molar-refractivity contribution is -0.121. The number of amides is 1. The van der Waals surface area contributed by atoms with Crippen molar-refractivity contribution in [2.45, 2.75) is 25.8 Å². The summed E-state index contributed by atoms with van der Waals surface area (Å²) < 4.78 is 27.4. The summed E-state index contributed by atoms with van der Waals surface area (Å²) >= 11 is 0. The van der Waals surface area contributed by atoms with Crippen molar-refractivity contribution in [3.8, 4) is 0 Å². The number of hydrogen-bond acceptors (Lipinski definition) is 3. The molecule has 8 heteroatoms. The Balaban J connectivity index is 1.64. The summed E-state index contributed by atoms with van der Waals surface area (Å²) in [5.41, 5.74) is 1.88. The van der Waals surface area contributed by atoms with E-state index in [1.54, 1.807) is 6.92 Å². The number of hydrogen-bond donors (Lipinski definition) is 3. The van der Waals surface area contributed by atoms with Gasteiger partial charge < -0.3 is 15.3 Å². The maximum Gasteiger partial charge on any atom is 0.251 e. The molecule has 158 valence electrons. The summed E-state index contributed by atoms with van der Waals surface area (Å²) in [6, 6.07) is 11.4. The van der Waals surface area contributed by atoms with Crippen molar-refractivity contribution in [1.29, 1.82) is 0 Å². The summed E-state index contributed by atoms with van der Waals surface area (Å²) in [7, 11) is 0. The van der Waals surface area contributed by atoms with Gasteiger partial charge in [0, 0.05) is 35.2 Å². The second-order valence-electron chi connectivity index (χ2n) is 7.35. The Kier molecular flexibility index (Phi) is 5.62. The van der Waals surface area contributed by atoms with Crippen molar-refractivity contribution in [2.75, 3.05) is 0 Å². The number of carbonyl (C=O) groups is 1. The molecular weight excluding hydrogens is 402 g/mol. The number of para-hydroxylation sites is 1. The third-order valence-electron chi connectivity index (χ3n) is 5.03. The van der Waals surface area contributed by atoms with Crippen LogP contribution in [0.4, 0.5) is 8.78 Å². The van der Waals surface area contributed by atoms with E-state index in [-0.39, 0.29) is 17.5 Å². The fourth-order valence-corrected chi connectivity index (χ4v) is 3.63. The topological polar surface area (TPSA) is 90.6 Å². The van der Waals surface area contributed by atoms with E-state index >= 15 is 0 Å². The first kappa shape index (κ1) is 20.5. The van der Waals surface area contributed by atoms with Crippen LogP contribution in [-0.4, -0.2) is 20.9 Å². The largest absolute Gasteiger partial charge is 0.361 e. The van der Waals surface area contributed by atoms with Crippen LogP contribution in [0.5, 0.6) is 0 Å². The zero-order valence-corrected chi connectivity index (χ0v) is 16.7. The standard InChI is InChI=1S/C23H20F2N4O2/c1-13-27-21(11-23(31)28-13)20(9-15-12-26-19-5-3-2-4-17(15)19)29-22(30)10-14-8-16(24)6-7-18(14)25/h2-8,11-12,20,26H,9-10H2,1H3,(H,29,30)(H,27,28,31)/t20-/m1/s1. The maximum absolute atomic E-state index is 14.0. The third-order valence-corrected chi connectivity index (χ3v) is 5.03. The number of nitrogens with one attached hydrogen (secondary N) is 3. The number of benzene rings is 2. The van der Waals surface area contributed by atoms with Crippen LogP contribution in [0.25, 0.3) is 10.9 Å². The monoisotopic (exact) mass is 422 g/mol. The van der Waals surface area contributed by atoms with Gasteiger partial charge in [0.05, 0.1) is 18.2 Å². The van der Waals surface area contributed by atoms with E-state index in [1.165, 1.54) is 6.07 Å². The molecule has 0 fully saturated rings. The van der Waals surface area contributed by atoms with Gasteiger partial charge in [-0.15, -0.1) is 0 Å². The Hall–Kier alpha value is -3.81. The first-order valence-corrected chi connectivity index (χ1v) is 9.75. The smallest absolute Gasteiger partial charge is 0.251 e. The van der Waals surface area contributed by atoms with E-state index in [2.05, 4.69) is 20.3 Å².